The summed E-state index contributed by atoms with van der Waals surface area (Å²) >= 11 is 0. The Morgan fingerprint density at radius 2 is 1.85 bits per heavy atom. The first-order valence-electron chi connectivity index (χ1n) is 9.63. The van der Waals surface area contributed by atoms with Gasteiger partial charge in [-0.15, -0.1) is 0 Å². The molecule has 4 heteroatoms. The van der Waals surface area contributed by atoms with E-state index in [1.165, 1.54) is 18.4 Å². The van der Waals surface area contributed by atoms with E-state index in [1.54, 1.807) is 0 Å². The number of benzene rings is 2. The van der Waals surface area contributed by atoms with Gasteiger partial charge in [0.25, 0.3) is 0 Å². The second kappa shape index (κ2) is 8.88. The zero-order valence-electron chi connectivity index (χ0n) is 15.8. The van der Waals surface area contributed by atoms with E-state index in [4.69, 9.17) is 9.26 Å². The van der Waals surface area contributed by atoms with Gasteiger partial charge in [-0.1, -0.05) is 49.4 Å². The molecule has 0 aromatic heterocycles. The lowest BCUT2D eigenvalue weighted by molar-refractivity contribution is 0.305. The molecule has 2 aromatic carbocycles. The van der Waals surface area contributed by atoms with E-state index < -0.39 is 7.37 Å². The van der Waals surface area contributed by atoms with Crippen molar-refractivity contribution in [3.05, 3.63) is 65.7 Å². The quantitative estimate of drug-likeness (QED) is 0.473. The summed E-state index contributed by atoms with van der Waals surface area (Å²) in [6.07, 6.45) is 3.68. The van der Waals surface area contributed by atoms with Crippen LogP contribution in [-0.4, -0.2) is 18.9 Å². The highest BCUT2D eigenvalue weighted by molar-refractivity contribution is 7.59. The molecule has 3 rings (SSSR count). The Morgan fingerprint density at radius 3 is 2.50 bits per heavy atom. The first-order valence-corrected chi connectivity index (χ1v) is 11.6. The van der Waals surface area contributed by atoms with Crippen LogP contribution in [0.5, 0.6) is 5.75 Å². The maximum atomic E-state index is 13.0. The topological polar surface area (TPSA) is 35.5 Å². The second-order valence-electron chi connectivity index (χ2n) is 7.02. The average molecular weight is 372 g/mol. The van der Waals surface area contributed by atoms with E-state index in [9.17, 15) is 4.57 Å². The Hall–Kier alpha value is -1.57. The number of rotatable bonds is 10. The van der Waals surface area contributed by atoms with Crippen LogP contribution in [-0.2, 0) is 15.7 Å². The molecule has 0 spiro atoms. The Balaban J connectivity index is 1.72. The molecule has 1 aliphatic rings. The summed E-state index contributed by atoms with van der Waals surface area (Å²) in [5.74, 6) is 1.80. The van der Waals surface area contributed by atoms with Crippen molar-refractivity contribution < 1.29 is 13.8 Å². The van der Waals surface area contributed by atoms with Gasteiger partial charge in [0.05, 0.1) is 6.61 Å². The molecule has 26 heavy (non-hydrogen) atoms. The molecule has 0 aliphatic heterocycles. The van der Waals surface area contributed by atoms with Crippen molar-refractivity contribution in [3.63, 3.8) is 0 Å². The van der Waals surface area contributed by atoms with Crippen LogP contribution in [0.2, 0.25) is 0 Å². The molecule has 0 amide bonds. The summed E-state index contributed by atoms with van der Waals surface area (Å²) in [6, 6.07) is 18.5. The van der Waals surface area contributed by atoms with Crippen LogP contribution in [0.4, 0.5) is 0 Å². The maximum absolute atomic E-state index is 13.0. The van der Waals surface area contributed by atoms with Gasteiger partial charge in [0.1, 0.15) is 12.4 Å². The van der Waals surface area contributed by atoms with Crippen molar-refractivity contribution >= 4 is 7.37 Å². The molecule has 2 unspecified atom stereocenters. The molecule has 0 N–H and O–H groups in total. The molecule has 0 bridgehead atoms. The standard InChI is InChI=1S/C22H29O3P/c1-3-25-26(23,4-2)17-22(19-13-14-19)20-11-8-12-21(15-20)24-16-18-9-6-5-7-10-18/h5-12,15,19,22H,3-4,13-14,16-17H2,1-2H3. The third-order valence-electron chi connectivity index (χ3n) is 5.05. The third-order valence-corrected chi connectivity index (χ3v) is 7.69. The molecule has 1 saturated carbocycles. The van der Waals surface area contributed by atoms with Crippen molar-refractivity contribution in [1.82, 2.24) is 0 Å². The van der Waals surface area contributed by atoms with Gasteiger partial charge >= 0.3 is 0 Å². The summed E-state index contributed by atoms with van der Waals surface area (Å²) in [7, 11) is -2.55. The van der Waals surface area contributed by atoms with Gasteiger partial charge in [-0.05, 0) is 54.9 Å². The largest absolute Gasteiger partial charge is 0.489 e. The molecule has 3 nitrogen and oxygen atoms in total. The van der Waals surface area contributed by atoms with E-state index >= 15 is 0 Å². The smallest absolute Gasteiger partial charge is 0.203 e. The van der Waals surface area contributed by atoms with Gasteiger partial charge in [-0.3, -0.25) is 4.57 Å². The maximum Gasteiger partial charge on any atom is 0.203 e. The minimum absolute atomic E-state index is 0.299. The van der Waals surface area contributed by atoms with Crippen molar-refractivity contribution in [1.29, 1.82) is 0 Å². The Bertz CT molecular complexity index is 740. The summed E-state index contributed by atoms with van der Waals surface area (Å²) in [4.78, 5) is 0. The highest BCUT2D eigenvalue weighted by atomic mass is 31.2. The number of hydrogen-bond donors (Lipinski definition) is 0. The normalized spacial score (nSPS) is 17.5. The second-order valence-corrected chi connectivity index (χ2v) is 9.91. The molecule has 140 valence electrons. The molecule has 2 atom stereocenters. The van der Waals surface area contributed by atoms with E-state index in [0.29, 0.717) is 37.4 Å². The van der Waals surface area contributed by atoms with Crippen LogP contribution >= 0.6 is 7.37 Å². The Morgan fingerprint density at radius 1 is 1.08 bits per heavy atom. The molecule has 1 fully saturated rings. The van der Waals surface area contributed by atoms with Crippen LogP contribution in [0.25, 0.3) is 0 Å². The van der Waals surface area contributed by atoms with Crippen molar-refractivity contribution in [2.45, 2.75) is 39.2 Å². The minimum atomic E-state index is -2.55. The van der Waals surface area contributed by atoms with E-state index in [1.807, 2.05) is 44.2 Å². The average Bonchev–Trinajstić information content (AvgIpc) is 3.51. The fourth-order valence-corrected chi connectivity index (χ4v) is 5.53. The molecular weight excluding hydrogens is 343 g/mol. The highest BCUT2D eigenvalue weighted by Crippen LogP contribution is 2.55. The zero-order chi connectivity index (χ0) is 18.4. The molecule has 2 aromatic rings. The first-order chi connectivity index (χ1) is 12.6. The lowest BCUT2D eigenvalue weighted by Crippen LogP contribution is -2.11. The SMILES string of the molecule is CCOP(=O)(CC)CC(c1cccc(OCc2ccccc2)c1)C1CC1. The van der Waals surface area contributed by atoms with Crippen LogP contribution < -0.4 is 4.74 Å². The lowest BCUT2D eigenvalue weighted by atomic mass is 9.96. The van der Waals surface area contributed by atoms with Crippen LogP contribution in [0.1, 0.15) is 43.7 Å². The minimum Gasteiger partial charge on any atom is -0.489 e. The zero-order valence-corrected chi connectivity index (χ0v) is 16.7. The molecule has 1 aliphatic carbocycles. The molecule has 0 saturated heterocycles. The lowest BCUT2D eigenvalue weighted by Gasteiger charge is -2.24. The summed E-state index contributed by atoms with van der Waals surface area (Å²) in [5, 5.41) is 0. The Labute approximate surface area is 157 Å². The first kappa shape index (κ1) is 19.2. The van der Waals surface area contributed by atoms with Gasteiger partial charge in [0.2, 0.25) is 7.37 Å². The summed E-state index contributed by atoms with van der Waals surface area (Å²) in [5.41, 5.74) is 2.38. The fourth-order valence-electron chi connectivity index (χ4n) is 3.41. The van der Waals surface area contributed by atoms with Crippen LogP contribution in [0.3, 0.4) is 0 Å². The van der Waals surface area contributed by atoms with E-state index in [-0.39, 0.29) is 0 Å². The van der Waals surface area contributed by atoms with Gasteiger partial charge in [-0.2, -0.15) is 0 Å². The summed E-state index contributed by atoms with van der Waals surface area (Å²) < 4.78 is 24.7. The van der Waals surface area contributed by atoms with Crippen molar-refractivity contribution in [2.24, 2.45) is 5.92 Å². The van der Waals surface area contributed by atoms with Crippen LogP contribution in [0.15, 0.2) is 54.6 Å². The van der Waals surface area contributed by atoms with Crippen molar-refractivity contribution in [3.8, 4) is 5.75 Å². The number of ether oxygens (including phenoxy) is 1. The van der Waals surface area contributed by atoms with Gasteiger partial charge in [0, 0.05) is 12.3 Å². The molecular formula is C22H29O3P. The fraction of sp³-hybridized carbons (Fsp3) is 0.455. The predicted octanol–water partition coefficient (Wildman–Crippen LogP) is 6.09. The number of hydrogen-bond acceptors (Lipinski definition) is 3. The summed E-state index contributed by atoms with van der Waals surface area (Å²) in [6.45, 7) is 4.97. The van der Waals surface area contributed by atoms with Crippen LogP contribution in [0, 0.1) is 5.92 Å². The Kier molecular flexibility index (Phi) is 6.56. The van der Waals surface area contributed by atoms with E-state index in [0.717, 1.165) is 11.3 Å². The van der Waals surface area contributed by atoms with E-state index in [2.05, 4.69) is 24.3 Å². The van der Waals surface area contributed by atoms with Gasteiger partial charge in [0.15, 0.2) is 0 Å². The third kappa shape index (κ3) is 5.22. The highest BCUT2D eigenvalue weighted by Gasteiger charge is 2.37. The van der Waals surface area contributed by atoms with Crippen molar-refractivity contribution in [2.75, 3.05) is 18.9 Å². The van der Waals surface area contributed by atoms with Gasteiger partial charge in [-0.25, -0.2) is 0 Å². The molecule has 0 heterocycles. The predicted molar refractivity (Wildman–Crippen MR) is 107 cm³/mol. The monoisotopic (exact) mass is 372 g/mol. The molecule has 0 radical (unpaired) electrons. The van der Waals surface area contributed by atoms with Gasteiger partial charge < -0.3 is 9.26 Å².